The summed E-state index contributed by atoms with van der Waals surface area (Å²) in [5, 5.41) is 3.22. The van der Waals surface area contributed by atoms with Crippen molar-refractivity contribution in [3.05, 3.63) is 83.8 Å². The van der Waals surface area contributed by atoms with E-state index in [1.165, 1.54) is 12.7 Å². The van der Waals surface area contributed by atoms with E-state index in [2.05, 4.69) is 5.32 Å². The number of hydrogen-bond acceptors (Lipinski definition) is 5. The van der Waals surface area contributed by atoms with Gasteiger partial charge in [-0.15, -0.1) is 0 Å². The predicted molar refractivity (Wildman–Crippen MR) is 132 cm³/mol. The molecule has 35 heavy (non-hydrogen) atoms. The van der Waals surface area contributed by atoms with E-state index in [-0.39, 0.29) is 30.2 Å². The Balaban J connectivity index is 1.71. The van der Waals surface area contributed by atoms with Crippen molar-refractivity contribution >= 4 is 11.8 Å². The molecule has 7 heteroatoms. The number of ether oxygens (including phenoxy) is 2. The van der Waals surface area contributed by atoms with Crippen LogP contribution in [0.2, 0.25) is 0 Å². The van der Waals surface area contributed by atoms with Gasteiger partial charge in [0.2, 0.25) is 5.91 Å². The Morgan fingerprint density at radius 2 is 1.57 bits per heavy atom. The summed E-state index contributed by atoms with van der Waals surface area (Å²) in [6.07, 6.45) is 6.74. The number of methoxy groups -OCH3 is 2. The molecule has 1 aliphatic rings. The molecule has 1 aliphatic carbocycles. The summed E-state index contributed by atoms with van der Waals surface area (Å²) in [5.41, 5.74) is 1.57. The number of hydrogen-bond donors (Lipinski definition) is 1. The molecule has 2 aromatic carbocycles. The van der Waals surface area contributed by atoms with Crippen molar-refractivity contribution in [2.24, 2.45) is 0 Å². The van der Waals surface area contributed by atoms with Gasteiger partial charge in [0.15, 0.2) is 5.76 Å². The van der Waals surface area contributed by atoms with E-state index in [4.69, 9.17) is 13.9 Å². The van der Waals surface area contributed by atoms with Crippen molar-refractivity contribution < 1.29 is 23.5 Å². The molecular formula is C28H32N2O5. The minimum absolute atomic E-state index is 0.110. The molecule has 0 unspecified atom stereocenters. The largest absolute Gasteiger partial charge is 0.497 e. The number of amides is 2. The highest BCUT2D eigenvalue weighted by molar-refractivity contribution is 5.96. The predicted octanol–water partition coefficient (Wildman–Crippen LogP) is 5.13. The third kappa shape index (κ3) is 6.04. The average molecular weight is 477 g/mol. The van der Waals surface area contributed by atoms with Gasteiger partial charge in [0.25, 0.3) is 5.91 Å². The SMILES string of the molecule is COc1ccc(CN(C(=O)c2ccco2)[C@H](C(=O)NC2CCCCC2)c2ccc(OC)cc2)cc1. The summed E-state index contributed by atoms with van der Waals surface area (Å²) in [6, 6.07) is 17.3. The van der Waals surface area contributed by atoms with Gasteiger partial charge in [0, 0.05) is 12.6 Å². The molecule has 2 amide bonds. The number of nitrogens with one attached hydrogen (secondary N) is 1. The van der Waals surface area contributed by atoms with Crippen LogP contribution in [-0.2, 0) is 11.3 Å². The van der Waals surface area contributed by atoms with Gasteiger partial charge in [-0.1, -0.05) is 43.5 Å². The van der Waals surface area contributed by atoms with Gasteiger partial charge in [0.1, 0.15) is 17.5 Å². The van der Waals surface area contributed by atoms with Crippen LogP contribution in [0, 0.1) is 0 Å². The lowest BCUT2D eigenvalue weighted by Crippen LogP contribution is -2.46. The third-order valence-electron chi connectivity index (χ3n) is 6.45. The Morgan fingerprint density at radius 1 is 0.943 bits per heavy atom. The summed E-state index contributed by atoms with van der Waals surface area (Å²) in [4.78, 5) is 29.0. The maximum absolute atomic E-state index is 13.8. The number of nitrogens with zero attached hydrogens (tertiary/aromatic N) is 1. The van der Waals surface area contributed by atoms with Gasteiger partial charge < -0.3 is 24.1 Å². The Hall–Kier alpha value is -3.74. The van der Waals surface area contributed by atoms with Crippen LogP contribution in [0.5, 0.6) is 11.5 Å². The van der Waals surface area contributed by atoms with Crippen molar-refractivity contribution in [1.29, 1.82) is 0 Å². The van der Waals surface area contributed by atoms with Gasteiger partial charge in [-0.3, -0.25) is 9.59 Å². The molecule has 4 rings (SSSR count). The minimum atomic E-state index is -0.845. The topological polar surface area (TPSA) is 81.0 Å². The molecule has 1 saturated carbocycles. The van der Waals surface area contributed by atoms with Crippen LogP contribution >= 0.6 is 0 Å². The minimum Gasteiger partial charge on any atom is -0.497 e. The first-order valence-corrected chi connectivity index (χ1v) is 12.0. The van der Waals surface area contributed by atoms with E-state index >= 15 is 0 Å². The molecule has 1 N–H and O–H groups in total. The lowest BCUT2D eigenvalue weighted by atomic mass is 9.94. The highest BCUT2D eigenvalue weighted by atomic mass is 16.5. The van der Waals surface area contributed by atoms with Crippen LogP contribution < -0.4 is 14.8 Å². The highest BCUT2D eigenvalue weighted by Gasteiger charge is 2.34. The first-order chi connectivity index (χ1) is 17.1. The van der Waals surface area contributed by atoms with Gasteiger partial charge >= 0.3 is 0 Å². The smallest absolute Gasteiger partial charge is 0.290 e. The van der Waals surface area contributed by atoms with Gasteiger partial charge in [-0.25, -0.2) is 0 Å². The molecule has 3 aromatic rings. The normalized spacial score (nSPS) is 14.7. The second kappa shape index (κ2) is 11.6. The molecule has 1 heterocycles. The second-order valence-electron chi connectivity index (χ2n) is 8.78. The van der Waals surface area contributed by atoms with E-state index < -0.39 is 6.04 Å². The summed E-state index contributed by atoms with van der Waals surface area (Å²) in [6.45, 7) is 0.221. The lowest BCUT2D eigenvalue weighted by Gasteiger charge is -2.33. The quantitative estimate of drug-likeness (QED) is 0.463. The summed E-state index contributed by atoms with van der Waals surface area (Å²) >= 11 is 0. The lowest BCUT2D eigenvalue weighted by molar-refractivity contribution is -0.127. The third-order valence-corrected chi connectivity index (χ3v) is 6.45. The number of carbonyl (C=O) groups is 2. The maximum atomic E-state index is 13.8. The Morgan fingerprint density at radius 3 is 2.14 bits per heavy atom. The molecule has 0 radical (unpaired) electrons. The van der Waals surface area contributed by atoms with Crippen LogP contribution in [0.4, 0.5) is 0 Å². The van der Waals surface area contributed by atoms with E-state index in [1.807, 2.05) is 36.4 Å². The first kappa shape index (κ1) is 24.4. The van der Waals surface area contributed by atoms with Crippen molar-refractivity contribution in [1.82, 2.24) is 10.2 Å². The Kier molecular flexibility index (Phi) is 8.08. The molecule has 0 aliphatic heterocycles. The fourth-order valence-electron chi connectivity index (χ4n) is 4.54. The fourth-order valence-corrected chi connectivity index (χ4v) is 4.54. The Labute approximate surface area is 206 Å². The fraction of sp³-hybridized carbons (Fsp3) is 0.357. The van der Waals surface area contributed by atoms with Gasteiger partial charge in [-0.05, 0) is 60.4 Å². The van der Waals surface area contributed by atoms with Crippen molar-refractivity contribution in [3.8, 4) is 11.5 Å². The molecule has 1 atom stereocenters. The van der Waals surface area contributed by atoms with Crippen LogP contribution in [0.25, 0.3) is 0 Å². The molecule has 0 bridgehead atoms. The van der Waals surface area contributed by atoms with Crippen LogP contribution in [-0.4, -0.2) is 37.0 Å². The molecule has 0 spiro atoms. The van der Waals surface area contributed by atoms with Gasteiger partial charge in [0.05, 0.1) is 20.5 Å². The zero-order chi connectivity index (χ0) is 24.6. The van der Waals surface area contributed by atoms with Crippen LogP contribution in [0.15, 0.2) is 71.3 Å². The number of rotatable bonds is 9. The van der Waals surface area contributed by atoms with Gasteiger partial charge in [-0.2, -0.15) is 0 Å². The molecular weight excluding hydrogens is 444 g/mol. The standard InChI is InChI=1S/C28H32N2O5/c1-33-23-14-10-20(11-15-23)19-30(28(32)25-9-6-18-35-25)26(21-12-16-24(34-2)17-13-21)27(31)29-22-7-4-3-5-8-22/h6,9-18,22,26H,3-5,7-8,19H2,1-2H3,(H,29,31)/t26-/m0/s1. The van der Waals surface area contributed by atoms with Crippen molar-refractivity contribution in [2.45, 2.75) is 50.7 Å². The van der Waals surface area contributed by atoms with E-state index in [9.17, 15) is 9.59 Å². The van der Waals surface area contributed by atoms with Crippen molar-refractivity contribution in [2.75, 3.05) is 14.2 Å². The Bertz CT molecular complexity index is 1090. The summed E-state index contributed by atoms with van der Waals surface area (Å²) in [5.74, 6) is 1.03. The molecule has 184 valence electrons. The summed E-state index contributed by atoms with van der Waals surface area (Å²) < 4.78 is 16.0. The zero-order valence-corrected chi connectivity index (χ0v) is 20.2. The van der Waals surface area contributed by atoms with Crippen LogP contribution in [0.3, 0.4) is 0 Å². The summed E-state index contributed by atoms with van der Waals surface area (Å²) in [7, 11) is 3.20. The average Bonchev–Trinajstić information content (AvgIpc) is 3.44. The zero-order valence-electron chi connectivity index (χ0n) is 20.2. The van der Waals surface area contributed by atoms with E-state index in [0.717, 1.165) is 37.0 Å². The number of furan rings is 1. The highest BCUT2D eigenvalue weighted by Crippen LogP contribution is 2.29. The van der Waals surface area contributed by atoms with Crippen LogP contribution in [0.1, 0.15) is 59.8 Å². The molecule has 0 saturated heterocycles. The second-order valence-corrected chi connectivity index (χ2v) is 8.78. The van der Waals surface area contributed by atoms with E-state index in [1.54, 1.807) is 43.4 Å². The number of carbonyl (C=O) groups excluding carboxylic acids is 2. The van der Waals surface area contributed by atoms with Crippen molar-refractivity contribution in [3.63, 3.8) is 0 Å². The monoisotopic (exact) mass is 476 g/mol. The van der Waals surface area contributed by atoms with E-state index in [0.29, 0.717) is 11.3 Å². The maximum Gasteiger partial charge on any atom is 0.290 e. The number of benzene rings is 2. The molecule has 7 nitrogen and oxygen atoms in total. The molecule has 1 fully saturated rings. The first-order valence-electron chi connectivity index (χ1n) is 12.0. The molecule has 1 aromatic heterocycles.